The molecule has 0 spiro atoms. The number of ether oxygens (including phenoxy) is 1. The maximum absolute atomic E-state index is 8.80. The van der Waals surface area contributed by atoms with Crippen molar-refractivity contribution in [3.8, 4) is 0 Å². The molecule has 16 heavy (non-hydrogen) atoms. The zero-order chi connectivity index (χ0) is 12.0. The van der Waals surface area contributed by atoms with E-state index >= 15 is 0 Å². The highest BCUT2D eigenvalue weighted by Gasteiger charge is 2.11. The molecule has 1 heterocycles. The molecular formula is C11H20N2O2S. The lowest BCUT2D eigenvalue weighted by Gasteiger charge is -2.12. The average molecular weight is 244 g/mol. The second kappa shape index (κ2) is 6.96. The topological polar surface area (TPSA) is 45.6 Å². The van der Waals surface area contributed by atoms with Gasteiger partial charge < -0.3 is 9.84 Å². The lowest BCUT2D eigenvalue weighted by atomic mass is 10.4. The van der Waals surface area contributed by atoms with Gasteiger partial charge in [-0.25, -0.2) is 4.98 Å². The van der Waals surface area contributed by atoms with Gasteiger partial charge in [0.15, 0.2) is 0 Å². The van der Waals surface area contributed by atoms with Gasteiger partial charge in [-0.1, -0.05) is 0 Å². The number of aromatic nitrogens is 1. The number of aliphatic hydroxyl groups excluding tert-OH is 1. The predicted octanol–water partition coefficient (Wildman–Crippen LogP) is 1.66. The molecule has 0 aliphatic carbocycles. The minimum Gasteiger partial charge on any atom is -0.395 e. The standard InChI is InChI=1S/C11H20N2O2S/c1-4-15-9(2)11-12-10(8-16-11)7-13(3)5-6-14/h8-9,14H,4-7H2,1-3H3. The quantitative estimate of drug-likeness (QED) is 0.792. The van der Waals surface area contributed by atoms with Crippen molar-refractivity contribution in [2.24, 2.45) is 0 Å². The van der Waals surface area contributed by atoms with Gasteiger partial charge >= 0.3 is 0 Å². The molecule has 92 valence electrons. The third-order valence-electron chi connectivity index (χ3n) is 2.25. The third-order valence-corrected chi connectivity index (χ3v) is 3.30. The second-order valence-electron chi connectivity index (χ2n) is 3.74. The van der Waals surface area contributed by atoms with Crippen molar-refractivity contribution in [1.82, 2.24) is 9.88 Å². The van der Waals surface area contributed by atoms with Crippen molar-refractivity contribution in [1.29, 1.82) is 0 Å². The predicted molar refractivity (Wildman–Crippen MR) is 65.6 cm³/mol. The average Bonchev–Trinajstić information content (AvgIpc) is 2.67. The number of nitrogens with zero attached hydrogens (tertiary/aromatic N) is 2. The number of rotatable bonds is 7. The Labute approximate surface area is 101 Å². The zero-order valence-corrected chi connectivity index (χ0v) is 11.0. The Hall–Kier alpha value is -0.490. The van der Waals surface area contributed by atoms with Crippen LogP contribution in [0.25, 0.3) is 0 Å². The first kappa shape index (κ1) is 13.6. The number of hydrogen-bond donors (Lipinski definition) is 1. The van der Waals surface area contributed by atoms with E-state index in [0.717, 1.165) is 17.2 Å². The molecule has 1 rings (SSSR count). The van der Waals surface area contributed by atoms with Gasteiger partial charge in [-0.2, -0.15) is 0 Å². The Balaban J connectivity index is 2.50. The molecule has 5 heteroatoms. The summed E-state index contributed by atoms with van der Waals surface area (Å²) in [5, 5.41) is 11.9. The van der Waals surface area contributed by atoms with Gasteiger partial charge in [0.2, 0.25) is 0 Å². The molecule has 1 aromatic heterocycles. The number of thiazole rings is 1. The molecule has 0 bridgehead atoms. The third kappa shape index (κ3) is 4.17. The van der Waals surface area contributed by atoms with Gasteiger partial charge in [-0.3, -0.25) is 4.90 Å². The fourth-order valence-corrected chi connectivity index (χ4v) is 2.24. The molecule has 0 amide bonds. The number of likely N-dealkylation sites (N-methyl/N-ethyl adjacent to an activating group) is 1. The molecule has 1 atom stereocenters. The van der Waals surface area contributed by atoms with Crippen molar-refractivity contribution < 1.29 is 9.84 Å². The fraction of sp³-hybridized carbons (Fsp3) is 0.727. The fourth-order valence-electron chi connectivity index (χ4n) is 1.43. The highest BCUT2D eigenvalue weighted by atomic mass is 32.1. The van der Waals surface area contributed by atoms with E-state index in [1.807, 2.05) is 25.8 Å². The lowest BCUT2D eigenvalue weighted by molar-refractivity contribution is 0.0760. The Morgan fingerprint density at radius 1 is 1.62 bits per heavy atom. The van der Waals surface area contributed by atoms with E-state index in [1.165, 1.54) is 0 Å². The van der Waals surface area contributed by atoms with Crippen LogP contribution in [-0.4, -0.2) is 41.8 Å². The molecule has 4 nitrogen and oxygen atoms in total. The van der Waals surface area contributed by atoms with Crippen LogP contribution in [0.4, 0.5) is 0 Å². The maximum Gasteiger partial charge on any atom is 0.122 e. The van der Waals surface area contributed by atoms with E-state index in [2.05, 4.69) is 10.4 Å². The van der Waals surface area contributed by atoms with Crippen LogP contribution >= 0.6 is 11.3 Å². The van der Waals surface area contributed by atoms with Crippen molar-refractivity contribution in [2.45, 2.75) is 26.5 Å². The van der Waals surface area contributed by atoms with Crippen LogP contribution in [0.5, 0.6) is 0 Å². The van der Waals surface area contributed by atoms with Crippen molar-refractivity contribution >= 4 is 11.3 Å². The molecule has 0 saturated carbocycles. The minimum atomic E-state index is 0.0758. The molecule has 0 saturated heterocycles. The van der Waals surface area contributed by atoms with Crippen LogP contribution in [0.2, 0.25) is 0 Å². The summed E-state index contributed by atoms with van der Waals surface area (Å²) in [5.41, 5.74) is 1.04. The summed E-state index contributed by atoms with van der Waals surface area (Å²) in [5.74, 6) is 0. The molecule has 0 fully saturated rings. The Kier molecular flexibility index (Phi) is 5.90. The summed E-state index contributed by atoms with van der Waals surface area (Å²) in [6, 6.07) is 0. The first-order valence-corrected chi connectivity index (χ1v) is 6.40. The molecule has 0 aliphatic heterocycles. The van der Waals surface area contributed by atoms with Gasteiger partial charge in [0.25, 0.3) is 0 Å². The normalized spacial score (nSPS) is 13.3. The smallest absolute Gasteiger partial charge is 0.122 e. The van der Waals surface area contributed by atoms with Gasteiger partial charge in [0.1, 0.15) is 11.1 Å². The van der Waals surface area contributed by atoms with Crippen LogP contribution in [0.1, 0.15) is 30.7 Å². The summed E-state index contributed by atoms with van der Waals surface area (Å²) in [4.78, 5) is 6.57. The molecule has 1 aromatic rings. The van der Waals surface area contributed by atoms with E-state index in [9.17, 15) is 0 Å². The van der Waals surface area contributed by atoms with Crippen LogP contribution in [0.3, 0.4) is 0 Å². The largest absolute Gasteiger partial charge is 0.395 e. The first-order chi connectivity index (χ1) is 7.67. The van der Waals surface area contributed by atoms with Crippen molar-refractivity contribution in [2.75, 3.05) is 26.8 Å². The van der Waals surface area contributed by atoms with E-state index in [4.69, 9.17) is 9.84 Å². The zero-order valence-electron chi connectivity index (χ0n) is 10.1. The van der Waals surface area contributed by atoms with E-state index in [-0.39, 0.29) is 12.7 Å². The summed E-state index contributed by atoms with van der Waals surface area (Å²) in [6.07, 6.45) is 0.0758. The molecule has 0 aliphatic rings. The lowest BCUT2D eigenvalue weighted by Crippen LogP contribution is -2.21. The minimum absolute atomic E-state index is 0.0758. The van der Waals surface area contributed by atoms with Gasteiger partial charge in [0.05, 0.1) is 12.3 Å². The van der Waals surface area contributed by atoms with Gasteiger partial charge in [0, 0.05) is 25.1 Å². The summed E-state index contributed by atoms with van der Waals surface area (Å²) in [7, 11) is 1.97. The highest BCUT2D eigenvalue weighted by Crippen LogP contribution is 2.21. The molecule has 0 aromatic carbocycles. The van der Waals surface area contributed by atoms with E-state index in [1.54, 1.807) is 11.3 Å². The van der Waals surface area contributed by atoms with Crippen LogP contribution < -0.4 is 0 Å². The summed E-state index contributed by atoms with van der Waals surface area (Å²) < 4.78 is 5.49. The van der Waals surface area contributed by atoms with E-state index in [0.29, 0.717) is 13.2 Å². The van der Waals surface area contributed by atoms with Crippen LogP contribution in [-0.2, 0) is 11.3 Å². The molecule has 1 N–H and O–H groups in total. The Bertz CT molecular complexity index is 304. The molecule has 0 radical (unpaired) electrons. The highest BCUT2D eigenvalue weighted by molar-refractivity contribution is 7.09. The van der Waals surface area contributed by atoms with Crippen molar-refractivity contribution in [3.05, 3.63) is 16.1 Å². The summed E-state index contributed by atoms with van der Waals surface area (Å²) >= 11 is 1.63. The van der Waals surface area contributed by atoms with Crippen LogP contribution in [0.15, 0.2) is 5.38 Å². The summed E-state index contributed by atoms with van der Waals surface area (Å²) in [6.45, 7) is 6.34. The van der Waals surface area contributed by atoms with Crippen LogP contribution in [0, 0.1) is 0 Å². The number of hydrogen-bond acceptors (Lipinski definition) is 5. The van der Waals surface area contributed by atoms with Gasteiger partial charge in [-0.05, 0) is 20.9 Å². The number of aliphatic hydroxyl groups is 1. The maximum atomic E-state index is 8.80. The molecular weight excluding hydrogens is 224 g/mol. The first-order valence-electron chi connectivity index (χ1n) is 5.52. The van der Waals surface area contributed by atoms with E-state index < -0.39 is 0 Å². The molecule has 1 unspecified atom stereocenters. The monoisotopic (exact) mass is 244 g/mol. The Morgan fingerprint density at radius 3 is 3.00 bits per heavy atom. The second-order valence-corrected chi connectivity index (χ2v) is 4.63. The van der Waals surface area contributed by atoms with Gasteiger partial charge in [-0.15, -0.1) is 11.3 Å². The van der Waals surface area contributed by atoms with Crippen molar-refractivity contribution in [3.63, 3.8) is 0 Å². The Morgan fingerprint density at radius 2 is 2.38 bits per heavy atom. The SMILES string of the molecule is CCOC(C)c1nc(CN(C)CCO)cs1.